The van der Waals surface area contributed by atoms with Crippen LogP contribution in [0.1, 0.15) is 38.4 Å². The highest BCUT2D eigenvalue weighted by atomic mass is 19.1. The summed E-state index contributed by atoms with van der Waals surface area (Å²) in [6.07, 6.45) is 0.348. The lowest BCUT2D eigenvalue weighted by molar-refractivity contribution is -0.115. The maximum Gasteiger partial charge on any atom is 0.225 e. The van der Waals surface area contributed by atoms with Crippen molar-refractivity contribution in [3.63, 3.8) is 0 Å². The van der Waals surface area contributed by atoms with E-state index < -0.39 is 17.0 Å². The van der Waals surface area contributed by atoms with Crippen LogP contribution in [0.2, 0.25) is 0 Å². The summed E-state index contributed by atoms with van der Waals surface area (Å²) in [5.41, 5.74) is 0.460. The molecule has 0 atom stereocenters. The predicted octanol–water partition coefficient (Wildman–Crippen LogP) is 3.36. The van der Waals surface area contributed by atoms with Crippen molar-refractivity contribution in [3.05, 3.63) is 47.2 Å². The van der Waals surface area contributed by atoms with Crippen molar-refractivity contribution in [2.24, 2.45) is 0 Å². The second-order valence-electron chi connectivity index (χ2n) is 5.35. The molecule has 21 heavy (non-hydrogen) atoms. The van der Waals surface area contributed by atoms with E-state index >= 15 is 0 Å². The Morgan fingerprint density at radius 3 is 2.43 bits per heavy atom. The van der Waals surface area contributed by atoms with Gasteiger partial charge in [-0.25, -0.2) is 8.78 Å². The Bertz CT molecular complexity index is 644. The SMILES string of the molecule is CCC(=O)Nc1cc(C(C)(C)c2cc(F)cc(F)c2)[nH]n1. The van der Waals surface area contributed by atoms with E-state index in [1.54, 1.807) is 13.0 Å². The molecule has 0 spiro atoms. The van der Waals surface area contributed by atoms with Gasteiger partial charge in [0, 0.05) is 29.7 Å². The van der Waals surface area contributed by atoms with Crippen molar-refractivity contribution < 1.29 is 13.6 Å². The maximum absolute atomic E-state index is 13.4. The van der Waals surface area contributed by atoms with Crippen molar-refractivity contribution in [2.75, 3.05) is 5.32 Å². The number of H-pyrrole nitrogens is 1. The molecule has 0 radical (unpaired) electrons. The average molecular weight is 293 g/mol. The highest BCUT2D eigenvalue weighted by Gasteiger charge is 2.27. The normalized spacial score (nSPS) is 11.5. The topological polar surface area (TPSA) is 57.8 Å². The number of nitrogens with zero attached hydrogens (tertiary/aromatic N) is 1. The minimum absolute atomic E-state index is 0.150. The lowest BCUT2D eigenvalue weighted by Crippen LogP contribution is -2.20. The van der Waals surface area contributed by atoms with E-state index in [4.69, 9.17) is 0 Å². The molecule has 0 fully saturated rings. The molecule has 2 aromatic rings. The van der Waals surface area contributed by atoms with E-state index in [9.17, 15) is 13.6 Å². The summed E-state index contributed by atoms with van der Waals surface area (Å²) in [7, 11) is 0. The summed E-state index contributed by atoms with van der Waals surface area (Å²) in [4.78, 5) is 11.3. The molecule has 0 aliphatic carbocycles. The predicted molar refractivity (Wildman–Crippen MR) is 76.0 cm³/mol. The minimum Gasteiger partial charge on any atom is -0.309 e. The Balaban J connectivity index is 2.32. The van der Waals surface area contributed by atoms with Crippen LogP contribution in [0.3, 0.4) is 0 Å². The zero-order chi connectivity index (χ0) is 15.6. The Kier molecular flexibility index (Phi) is 4.06. The largest absolute Gasteiger partial charge is 0.309 e. The quantitative estimate of drug-likeness (QED) is 0.908. The zero-order valence-corrected chi connectivity index (χ0v) is 12.1. The molecule has 2 N–H and O–H groups in total. The summed E-state index contributed by atoms with van der Waals surface area (Å²) in [5.74, 6) is -1.02. The molecule has 0 unspecified atom stereocenters. The van der Waals surface area contributed by atoms with Crippen LogP contribution in [0.5, 0.6) is 0 Å². The molecule has 0 saturated carbocycles. The third-order valence-electron chi connectivity index (χ3n) is 3.42. The molecule has 0 saturated heterocycles. The van der Waals surface area contributed by atoms with E-state index in [2.05, 4.69) is 15.5 Å². The monoisotopic (exact) mass is 293 g/mol. The summed E-state index contributed by atoms with van der Waals surface area (Å²) < 4.78 is 26.7. The number of aromatic amines is 1. The summed E-state index contributed by atoms with van der Waals surface area (Å²) >= 11 is 0. The van der Waals surface area contributed by atoms with Crippen LogP contribution in [0, 0.1) is 11.6 Å². The first kappa shape index (κ1) is 15.2. The molecule has 1 aromatic carbocycles. The van der Waals surface area contributed by atoms with Gasteiger partial charge in [-0.05, 0) is 17.7 Å². The molecule has 112 valence electrons. The number of hydrogen-bond donors (Lipinski definition) is 2. The first-order valence-corrected chi connectivity index (χ1v) is 6.65. The number of halogens is 2. The number of aromatic nitrogens is 2. The summed E-state index contributed by atoms with van der Waals surface area (Å²) in [6, 6.07) is 5.07. The van der Waals surface area contributed by atoms with Gasteiger partial charge in [0.05, 0.1) is 0 Å². The average Bonchev–Trinajstić information content (AvgIpc) is 2.86. The number of carbonyl (C=O) groups is 1. The van der Waals surface area contributed by atoms with E-state index in [0.29, 0.717) is 23.5 Å². The van der Waals surface area contributed by atoms with Crippen LogP contribution < -0.4 is 5.32 Å². The van der Waals surface area contributed by atoms with Gasteiger partial charge in [-0.1, -0.05) is 20.8 Å². The molecule has 6 heteroatoms. The summed E-state index contributed by atoms with van der Waals surface area (Å²) in [5, 5.41) is 9.43. The van der Waals surface area contributed by atoms with Crippen molar-refractivity contribution in [1.82, 2.24) is 10.2 Å². The number of nitrogens with one attached hydrogen (secondary N) is 2. The van der Waals surface area contributed by atoms with Crippen LogP contribution in [0.15, 0.2) is 24.3 Å². The second-order valence-corrected chi connectivity index (χ2v) is 5.35. The van der Waals surface area contributed by atoms with Crippen LogP contribution >= 0.6 is 0 Å². The summed E-state index contributed by atoms with van der Waals surface area (Å²) in [6.45, 7) is 5.38. The van der Waals surface area contributed by atoms with E-state index in [-0.39, 0.29) is 5.91 Å². The van der Waals surface area contributed by atoms with Crippen LogP contribution in [0.4, 0.5) is 14.6 Å². The lowest BCUT2D eigenvalue weighted by atomic mass is 9.81. The van der Waals surface area contributed by atoms with Crippen LogP contribution in [-0.2, 0) is 10.2 Å². The number of carbonyl (C=O) groups excluding carboxylic acids is 1. The number of rotatable bonds is 4. The number of amides is 1. The Morgan fingerprint density at radius 2 is 1.86 bits per heavy atom. The number of benzene rings is 1. The van der Waals surface area contributed by atoms with Crippen molar-refractivity contribution >= 4 is 11.7 Å². The third-order valence-corrected chi connectivity index (χ3v) is 3.42. The molecule has 1 heterocycles. The fourth-order valence-electron chi connectivity index (χ4n) is 2.01. The Labute approximate surface area is 121 Å². The first-order chi connectivity index (χ1) is 9.82. The maximum atomic E-state index is 13.4. The van der Waals surface area contributed by atoms with Gasteiger partial charge >= 0.3 is 0 Å². The molecule has 4 nitrogen and oxygen atoms in total. The van der Waals surface area contributed by atoms with Crippen molar-refractivity contribution in [3.8, 4) is 0 Å². The molecule has 1 amide bonds. The first-order valence-electron chi connectivity index (χ1n) is 6.65. The molecular formula is C15H17F2N3O. The van der Waals surface area contributed by atoms with Gasteiger partial charge in [-0.3, -0.25) is 9.89 Å². The number of anilines is 1. The van der Waals surface area contributed by atoms with E-state index in [1.807, 2.05) is 13.8 Å². The van der Waals surface area contributed by atoms with Gasteiger partial charge in [0.2, 0.25) is 5.91 Å². The van der Waals surface area contributed by atoms with Crippen LogP contribution in [0.25, 0.3) is 0 Å². The van der Waals surface area contributed by atoms with E-state index in [1.165, 1.54) is 12.1 Å². The van der Waals surface area contributed by atoms with Crippen molar-refractivity contribution in [2.45, 2.75) is 32.6 Å². The second kappa shape index (κ2) is 5.63. The highest BCUT2D eigenvalue weighted by molar-refractivity contribution is 5.89. The van der Waals surface area contributed by atoms with Gasteiger partial charge < -0.3 is 5.32 Å². The smallest absolute Gasteiger partial charge is 0.225 e. The minimum atomic E-state index is -0.675. The zero-order valence-electron chi connectivity index (χ0n) is 12.1. The molecular weight excluding hydrogens is 276 g/mol. The third kappa shape index (κ3) is 3.26. The Hall–Kier alpha value is -2.24. The molecule has 0 bridgehead atoms. The van der Waals surface area contributed by atoms with Gasteiger partial charge in [0.15, 0.2) is 5.82 Å². The molecule has 0 aliphatic heterocycles. The van der Waals surface area contributed by atoms with Gasteiger partial charge in [-0.2, -0.15) is 5.10 Å². The Morgan fingerprint density at radius 1 is 1.24 bits per heavy atom. The standard InChI is InChI=1S/C15H17F2N3O/c1-4-14(21)18-13-8-12(19-20-13)15(2,3)9-5-10(16)7-11(17)6-9/h5-8H,4H2,1-3H3,(H2,18,19,20,21). The van der Waals surface area contributed by atoms with E-state index in [0.717, 1.165) is 6.07 Å². The van der Waals surface area contributed by atoms with Crippen molar-refractivity contribution in [1.29, 1.82) is 0 Å². The molecule has 0 aliphatic rings. The highest BCUT2D eigenvalue weighted by Crippen LogP contribution is 2.32. The van der Waals surface area contributed by atoms with Gasteiger partial charge in [-0.15, -0.1) is 0 Å². The van der Waals surface area contributed by atoms with Gasteiger partial charge in [0.1, 0.15) is 11.6 Å². The molecule has 2 rings (SSSR count). The van der Waals surface area contributed by atoms with Crippen LogP contribution in [-0.4, -0.2) is 16.1 Å². The lowest BCUT2D eigenvalue weighted by Gasteiger charge is -2.23. The fraction of sp³-hybridized carbons (Fsp3) is 0.333. The fourth-order valence-corrected chi connectivity index (χ4v) is 2.01. The van der Waals surface area contributed by atoms with Gasteiger partial charge in [0.25, 0.3) is 0 Å². The number of hydrogen-bond acceptors (Lipinski definition) is 2. The molecule has 1 aromatic heterocycles.